The monoisotopic (exact) mass is 310 g/mol. The average molecular weight is 310 g/mol. The molecular formula is C21H14N2O. The molecule has 0 aliphatic heterocycles. The van der Waals surface area contributed by atoms with Crippen molar-refractivity contribution in [1.29, 1.82) is 5.26 Å². The summed E-state index contributed by atoms with van der Waals surface area (Å²) in [5.41, 5.74) is 4.56. The maximum absolute atomic E-state index is 10.9. The van der Waals surface area contributed by atoms with E-state index in [2.05, 4.69) is 6.07 Å². The molecule has 0 radical (unpaired) electrons. The molecule has 114 valence electrons. The number of hydrogen-bond acceptors (Lipinski definition) is 2. The van der Waals surface area contributed by atoms with Gasteiger partial charge in [0.05, 0.1) is 16.8 Å². The molecule has 0 atom stereocenters. The van der Waals surface area contributed by atoms with E-state index >= 15 is 0 Å². The van der Waals surface area contributed by atoms with E-state index in [9.17, 15) is 10.4 Å². The Morgan fingerprint density at radius 3 is 2.00 bits per heavy atom. The molecule has 4 aromatic rings. The van der Waals surface area contributed by atoms with Crippen molar-refractivity contribution in [2.75, 3.05) is 0 Å². The van der Waals surface area contributed by atoms with Gasteiger partial charge in [-0.15, -0.1) is 0 Å². The number of nitriles is 1. The Bertz CT molecular complexity index is 1060. The molecule has 0 aliphatic carbocycles. The molecule has 0 fully saturated rings. The fraction of sp³-hybridized carbons (Fsp3) is 0. The lowest BCUT2D eigenvalue weighted by molar-refractivity contribution is 0.484. The molecule has 0 saturated heterocycles. The Kier molecular flexibility index (Phi) is 3.29. The molecule has 2 aromatic heterocycles. The van der Waals surface area contributed by atoms with Gasteiger partial charge in [0.2, 0.25) is 0 Å². The lowest BCUT2D eigenvalue weighted by atomic mass is 10.0. The fourth-order valence-electron chi connectivity index (χ4n) is 3.12. The number of pyridine rings is 1. The summed E-state index contributed by atoms with van der Waals surface area (Å²) < 4.78 is 1.83. The van der Waals surface area contributed by atoms with Crippen LogP contribution in [-0.4, -0.2) is 9.51 Å². The molecule has 2 heterocycles. The van der Waals surface area contributed by atoms with Crippen molar-refractivity contribution < 1.29 is 5.11 Å². The van der Waals surface area contributed by atoms with Crippen LogP contribution >= 0.6 is 0 Å². The van der Waals surface area contributed by atoms with E-state index in [0.29, 0.717) is 11.2 Å². The minimum Gasteiger partial charge on any atom is -0.505 e. The van der Waals surface area contributed by atoms with Gasteiger partial charge in [0.1, 0.15) is 17.5 Å². The van der Waals surface area contributed by atoms with Crippen molar-refractivity contribution in [3.05, 3.63) is 84.6 Å². The van der Waals surface area contributed by atoms with Gasteiger partial charge >= 0.3 is 0 Å². The normalized spacial score (nSPS) is 10.6. The van der Waals surface area contributed by atoms with E-state index in [4.69, 9.17) is 0 Å². The molecule has 0 bridgehead atoms. The third-order valence-corrected chi connectivity index (χ3v) is 4.15. The van der Waals surface area contributed by atoms with Crippen molar-refractivity contribution >= 4 is 5.52 Å². The molecule has 3 heteroatoms. The second-order valence-corrected chi connectivity index (χ2v) is 5.55. The lowest BCUT2D eigenvalue weighted by Crippen LogP contribution is -1.94. The molecule has 0 saturated carbocycles. The standard InChI is InChI=1S/C21H14N2O/c22-14-17-12-7-13-18-21(24)19(15-8-3-1-4-9-15)20(23(17)18)16-10-5-2-6-11-16/h1-13,24H. The lowest BCUT2D eigenvalue weighted by Gasteiger charge is -2.08. The van der Waals surface area contributed by atoms with E-state index in [1.54, 1.807) is 12.1 Å². The highest BCUT2D eigenvalue weighted by Crippen LogP contribution is 2.44. The predicted octanol–water partition coefficient (Wildman–Crippen LogP) is 4.85. The summed E-state index contributed by atoms with van der Waals surface area (Å²) in [7, 11) is 0. The molecule has 3 nitrogen and oxygen atoms in total. The van der Waals surface area contributed by atoms with Crippen LogP contribution in [0, 0.1) is 11.3 Å². The first-order chi connectivity index (χ1) is 11.8. The first-order valence-electron chi connectivity index (χ1n) is 7.68. The summed E-state index contributed by atoms with van der Waals surface area (Å²) in [6.45, 7) is 0. The summed E-state index contributed by atoms with van der Waals surface area (Å²) in [5, 5.41) is 20.4. The second kappa shape index (κ2) is 5.60. The minimum atomic E-state index is 0.192. The highest BCUT2D eigenvalue weighted by molar-refractivity contribution is 5.94. The largest absolute Gasteiger partial charge is 0.505 e. The van der Waals surface area contributed by atoms with Crippen molar-refractivity contribution in [1.82, 2.24) is 4.40 Å². The number of aromatic hydroxyl groups is 1. The van der Waals surface area contributed by atoms with Crippen molar-refractivity contribution in [3.8, 4) is 34.2 Å². The number of nitrogens with zero attached hydrogens (tertiary/aromatic N) is 2. The first-order valence-corrected chi connectivity index (χ1v) is 7.68. The topological polar surface area (TPSA) is 48.4 Å². The highest BCUT2D eigenvalue weighted by atomic mass is 16.3. The number of aromatic nitrogens is 1. The highest BCUT2D eigenvalue weighted by Gasteiger charge is 2.21. The van der Waals surface area contributed by atoms with Crippen LogP contribution in [0.2, 0.25) is 0 Å². The van der Waals surface area contributed by atoms with E-state index in [1.807, 2.05) is 71.1 Å². The van der Waals surface area contributed by atoms with Crippen LogP contribution in [0.15, 0.2) is 78.9 Å². The van der Waals surface area contributed by atoms with Gasteiger partial charge in [0.25, 0.3) is 0 Å². The molecule has 0 unspecified atom stereocenters. The van der Waals surface area contributed by atoms with E-state index in [0.717, 1.165) is 22.4 Å². The van der Waals surface area contributed by atoms with Crippen molar-refractivity contribution in [2.24, 2.45) is 0 Å². The van der Waals surface area contributed by atoms with Crippen LogP contribution in [0.5, 0.6) is 5.75 Å². The Morgan fingerprint density at radius 2 is 1.38 bits per heavy atom. The van der Waals surface area contributed by atoms with E-state index in [-0.39, 0.29) is 5.75 Å². The van der Waals surface area contributed by atoms with Gasteiger partial charge < -0.3 is 5.11 Å². The van der Waals surface area contributed by atoms with Gasteiger partial charge in [-0.25, -0.2) is 0 Å². The van der Waals surface area contributed by atoms with E-state index < -0.39 is 0 Å². The molecule has 0 aliphatic rings. The zero-order valence-electron chi connectivity index (χ0n) is 12.8. The van der Waals surface area contributed by atoms with Crippen LogP contribution in [-0.2, 0) is 0 Å². The van der Waals surface area contributed by atoms with Crippen LogP contribution in [0.1, 0.15) is 5.69 Å². The number of fused-ring (bicyclic) bond motifs is 1. The fourth-order valence-corrected chi connectivity index (χ4v) is 3.12. The molecule has 4 rings (SSSR count). The minimum absolute atomic E-state index is 0.192. The second-order valence-electron chi connectivity index (χ2n) is 5.55. The zero-order chi connectivity index (χ0) is 16.5. The molecule has 0 amide bonds. The van der Waals surface area contributed by atoms with Crippen molar-refractivity contribution in [3.63, 3.8) is 0 Å². The number of hydrogen-bond donors (Lipinski definition) is 1. The van der Waals surface area contributed by atoms with Gasteiger partial charge in [-0.2, -0.15) is 5.26 Å². The molecule has 1 N–H and O–H groups in total. The molecular weight excluding hydrogens is 296 g/mol. The van der Waals surface area contributed by atoms with Crippen LogP contribution in [0.4, 0.5) is 0 Å². The van der Waals surface area contributed by atoms with Gasteiger partial charge in [-0.1, -0.05) is 66.7 Å². The average Bonchev–Trinajstić information content (AvgIpc) is 2.96. The van der Waals surface area contributed by atoms with Crippen LogP contribution < -0.4 is 0 Å². The first kappa shape index (κ1) is 14.1. The Balaban J connectivity index is 2.20. The number of benzene rings is 2. The summed E-state index contributed by atoms with van der Waals surface area (Å²) >= 11 is 0. The number of rotatable bonds is 2. The summed E-state index contributed by atoms with van der Waals surface area (Å²) in [6.07, 6.45) is 0. The Morgan fingerprint density at radius 1 is 0.750 bits per heavy atom. The maximum atomic E-state index is 10.9. The summed E-state index contributed by atoms with van der Waals surface area (Å²) in [6, 6.07) is 27.2. The SMILES string of the molecule is N#Cc1cccc2c(O)c(-c3ccccc3)c(-c3ccccc3)n12. The third-order valence-electron chi connectivity index (χ3n) is 4.15. The maximum Gasteiger partial charge on any atom is 0.149 e. The zero-order valence-corrected chi connectivity index (χ0v) is 12.8. The quantitative estimate of drug-likeness (QED) is 0.575. The van der Waals surface area contributed by atoms with Gasteiger partial charge in [0.15, 0.2) is 0 Å². The van der Waals surface area contributed by atoms with E-state index in [1.165, 1.54) is 0 Å². The molecule has 24 heavy (non-hydrogen) atoms. The van der Waals surface area contributed by atoms with Crippen LogP contribution in [0.3, 0.4) is 0 Å². The van der Waals surface area contributed by atoms with Gasteiger partial charge in [-0.05, 0) is 23.3 Å². The molecule has 0 spiro atoms. The van der Waals surface area contributed by atoms with Crippen LogP contribution in [0.25, 0.3) is 27.9 Å². The predicted molar refractivity (Wildman–Crippen MR) is 94.6 cm³/mol. The summed E-state index contributed by atoms with van der Waals surface area (Å²) in [5.74, 6) is 0.192. The van der Waals surface area contributed by atoms with Gasteiger partial charge in [-0.3, -0.25) is 4.40 Å². The third kappa shape index (κ3) is 2.05. The Labute approximate surface area is 139 Å². The van der Waals surface area contributed by atoms with Gasteiger partial charge in [0, 0.05) is 0 Å². The summed E-state index contributed by atoms with van der Waals surface area (Å²) in [4.78, 5) is 0. The smallest absolute Gasteiger partial charge is 0.149 e. The molecule has 2 aromatic carbocycles. The van der Waals surface area contributed by atoms with Crippen molar-refractivity contribution in [2.45, 2.75) is 0 Å². The Hall–Kier alpha value is -3.51.